The zero-order valence-corrected chi connectivity index (χ0v) is 8.66. The maximum Gasteiger partial charge on any atom is 0.194 e. The molecule has 0 amide bonds. The summed E-state index contributed by atoms with van der Waals surface area (Å²) in [6.45, 7) is 1.65. The molecule has 1 rings (SSSR count). The summed E-state index contributed by atoms with van der Waals surface area (Å²) in [6, 6.07) is 4.26. The molecular formula is C11H13FO3. The Balaban J connectivity index is 3.09. The van der Waals surface area contributed by atoms with E-state index < -0.39 is 17.7 Å². The van der Waals surface area contributed by atoms with Crippen molar-refractivity contribution in [2.45, 2.75) is 19.4 Å². The van der Waals surface area contributed by atoms with Crippen LogP contribution in [0.25, 0.3) is 0 Å². The smallest absolute Gasteiger partial charge is 0.194 e. The first kappa shape index (κ1) is 11.7. The average molecular weight is 212 g/mol. The highest BCUT2D eigenvalue weighted by Gasteiger charge is 2.20. The van der Waals surface area contributed by atoms with E-state index in [1.165, 1.54) is 25.3 Å². The molecule has 0 heterocycles. The minimum Gasteiger partial charge on any atom is -0.494 e. The highest BCUT2D eigenvalue weighted by Crippen LogP contribution is 2.21. The van der Waals surface area contributed by atoms with Crippen LogP contribution in [0.3, 0.4) is 0 Å². The summed E-state index contributed by atoms with van der Waals surface area (Å²) in [7, 11) is 1.32. The van der Waals surface area contributed by atoms with E-state index >= 15 is 0 Å². The van der Waals surface area contributed by atoms with E-state index in [1.54, 1.807) is 6.92 Å². The van der Waals surface area contributed by atoms with Crippen LogP contribution >= 0.6 is 0 Å². The van der Waals surface area contributed by atoms with Crippen molar-refractivity contribution in [2.75, 3.05) is 7.11 Å². The fraction of sp³-hybridized carbons (Fsp3) is 0.364. The van der Waals surface area contributed by atoms with Crippen molar-refractivity contribution in [3.8, 4) is 5.75 Å². The summed E-state index contributed by atoms with van der Waals surface area (Å²) in [6.07, 6.45) is -0.901. The van der Waals surface area contributed by atoms with Crippen molar-refractivity contribution < 1.29 is 19.0 Å². The summed E-state index contributed by atoms with van der Waals surface area (Å²) in [5.74, 6) is -1.34. The molecule has 0 bridgehead atoms. The molecule has 15 heavy (non-hydrogen) atoms. The molecule has 0 spiro atoms. The molecule has 0 fully saturated rings. The zero-order chi connectivity index (χ0) is 11.4. The third-order valence-corrected chi connectivity index (χ3v) is 2.14. The fourth-order valence-electron chi connectivity index (χ4n) is 1.22. The van der Waals surface area contributed by atoms with Gasteiger partial charge in [0.05, 0.1) is 12.7 Å². The maximum absolute atomic E-state index is 13.6. The molecule has 1 atom stereocenters. The van der Waals surface area contributed by atoms with Crippen LogP contribution in [-0.2, 0) is 0 Å². The second-order valence-electron chi connectivity index (χ2n) is 3.11. The minimum atomic E-state index is -1.16. The first-order chi connectivity index (χ1) is 7.11. The van der Waals surface area contributed by atoms with Gasteiger partial charge in [-0.1, -0.05) is 13.0 Å². The van der Waals surface area contributed by atoms with Crippen molar-refractivity contribution in [3.63, 3.8) is 0 Å². The number of ketones is 1. The number of aliphatic hydroxyl groups excluding tert-OH is 1. The topological polar surface area (TPSA) is 46.5 Å². The summed E-state index contributed by atoms with van der Waals surface area (Å²) in [4.78, 5) is 11.5. The summed E-state index contributed by atoms with van der Waals surface area (Å²) in [5, 5.41) is 9.31. The first-order valence-electron chi connectivity index (χ1n) is 4.66. The van der Waals surface area contributed by atoms with Crippen LogP contribution in [-0.4, -0.2) is 24.1 Å². The standard InChI is InChI=1S/C11H13FO3/c1-3-8(13)11(14)7-5-4-6-9(15-2)10(7)12/h4-6,8,13H,3H2,1-2H3. The van der Waals surface area contributed by atoms with Crippen molar-refractivity contribution in [2.24, 2.45) is 0 Å². The molecule has 3 nitrogen and oxygen atoms in total. The Kier molecular flexibility index (Phi) is 3.80. The van der Waals surface area contributed by atoms with Gasteiger partial charge in [0.25, 0.3) is 0 Å². The number of hydrogen-bond donors (Lipinski definition) is 1. The van der Waals surface area contributed by atoms with Gasteiger partial charge in [-0.05, 0) is 18.6 Å². The number of carbonyl (C=O) groups excluding carboxylic acids is 1. The van der Waals surface area contributed by atoms with E-state index in [4.69, 9.17) is 4.74 Å². The number of halogens is 1. The highest BCUT2D eigenvalue weighted by molar-refractivity contribution is 5.99. The third-order valence-electron chi connectivity index (χ3n) is 2.14. The number of carbonyl (C=O) groups is 1. The van der Waals surface area contributed by atoms with E-state index in [0.29, 0.717) is 0 Å². The Morgan fingerprint density at radius 2 is 2.27 bits per heavy atom. The van der Waals surface area contributed by atoms with Crippen LogP contribution in [0.4, 0.5) is 4.39 Å². The van der Waals surface area contributed by atoms with E-state index in [9.17, 15) is 14.3 Å². The van der Waals surface area contributed by atoms with Gasteiger partial charge in [-0.3, -0.25) is 4.79 Å². The number of methoxy groups -OCH3 is 1. The van der Waals surface area contributed by atoms with Crippen molar-refractivity contribution in [3.05, 3.63) is 29.6 Å². The lowest BCUT2D eigenvalue weighted by atomic mass is 10.0. The van der Waals surface area contributed by atoms with Crippen molar-refractivity contribution >= 4 is 5.78 Å². The number of ether oxygens (including phenoxy) is 1. The molecule has 1 aromatic rings. The predicted molar refractivity (Wildman–Crippen MR) is 53.6 cm³/mol. The molecule has 0 aliphatic heterocycles. The lowest BCUT2D eigenvalue weighted by Gasteiger charge is -2.09. The van der Waals surface area contributed by atoms with E-state index in [1.807, 2.05) is 0 Å². The average Bonchev–Trinajstić information content (AvgIpc) is 2.27. The summed E-state index contributed by atoms with van der Waals surface area (Å²) < 4.78 is 18.3. The van der Waals surface area contributed by atoms with Crippen molar-refractivity contribution in [1.82, 2.24) is 0 Å². The predicted octanol–water partition coefficient (Wildman–Crippen LogP) is 1.79. The molecule has 82 valence electrons. The molecule has 1 aromatic carbocycles. The maximum atomic E-state index is 13.6. The lowest BCUT2D eigenvalue weighted by Crippen LogP contribution is -2.20. The Hall–Kier alpha value is -1.42. The Morgan fingerprint density at radius 1 is 1.60 bits per heavy atom. The highest BCUT2D eigenvalue weighted by atomic mass is 19.1. The normalized spacial score (nSPS) is 12.3. The molecular weight excluding hydrogens is 199 g/mol. The Morgan fingerprint density at radius 3 is 2.80 bits per heavy atom. The second-order valence-corrected chi connectivity index (χ2v) is 3.11. The van der Waals surface area contributed by atoms with Crippen LogP contribution in [0.1, 0.15) is 23.7 Å². The van der Waals surface area contributed by atoms with Gasteiger partial charge >= 0.3 is 0 Å². The number of benzene rings is 1. The number of rotatable bonds is 4. The van der Waals surface area contributed by atoms with Gasteiger partial charge in [-0.25, -0.2) is 4.39 Å². The number of Topliss-reactive ketones (excluding diaryl/α,β-unsaturated/α-hetero) is 1. The van der Waals surface area contributed by atoms with Gasteiger partial charge in [0.2, 0.25) is 0 Å². The number of hydrogen-bond acceptors (Lipinski definition) is 3. The van der Waals surface area contributed by atoms with Crippen LogP contribution in [0.2, 0.25) is 0 Å². The van der Waals surface area contributed by atoms with Gasteiger partial charge in [-0.15, -0.1) is 0 Å². The SMILES string of the molecule is CCC(O)C(=O)c1cccc(OC)c1F. The van der Waals surface area contributed by atoms with E-state index in [0.717, 1.165) is 0 Å². The molecule has 0 aromatic heterocycles. The van der Waals surface area contributed by atoms with Gasteiger partial charge in [0.1, 0.15) is 6.10 Å². The summed E-state index contributed by atoms with van der Waals surface area (Å²) >= 11 is 0. The van der Waals surface area contributed by atoms with Crippen LogP contribution < -0.4 is 4.74 Å². The van der Waals surface area contributed by atoms with Crippen LogP contribution in [0.5, 0.6) is 5.75 Å². The molecule has 4 heteroatoms. The number of aliphatic hydroxyl groups is 1. The van der Waals surface area contributed by atoms with Gasteiger partial charge in [0.15, 0.2) is 17.3 Å². The zero-order valence-electron chi connectivity index (χ0n) is 8.66. The van der Waals surface area contributed by atoms with Gasteiger partial charge in [0, 0.05) is 0 Å². The van der Waals surface area contributed by atoms with E-state index in [2.05, 4.69) is 0 Å². The molecule has 1 N–H and O–H groups in total. The van der Waals surface area contributed by atoms with Crippen LogP contribution in [0.15, 0.2) is 18.2 Å². The molecule has 0 radical (unpaired) electrons. The Labute approximate surface area is 87.5 Å². The fourth-order valence-corrected chi connectivity index (χ4v) is 1.22. The molecule has 0 saturated carbocycles. The molecule has 1 unspecified atom stereocenters. The minimum absolute atomic E-state index is 0.00385. The Bertz CT molecular complexity index is 363. The second kappa shape index (κ2) is 4.89. The van der Waals surface area contributed by atoms with Crippen molar-refractivity contribution in [1.29, 1.82) is 0 Å². The van der Waals surface area contributed by atoms with Gasteiger partial charge < -0.3 is 9.84 Å². The van der Waals surface area contributed by atoms with E-state index in [-0.39, 0.29) is 17.7 Å². The molecule has 0 saturated heterocycles. The van der Waals surface area contributed by atoms with Gasteiger partial charge in [-0.2, -0.15) is 0 Å². The first-order valence-corrected chi connectivity index (χ1v) is 4.66. The lowest BCUT2D eigenvalue weighted by molar-refractivity contribution is 0.0735. The third kappa shape index (κ3) is 2.33. The molecule has 0 aliphatic rings. The largest absolute Gasteiger partial charge is 0.494 e. The quantitative estimate of drug-likeness (QED) is 0.774. The molecule has 0 aliphatic carbocycles. The van der Waals surface area contributed by atoms with Crippen LogP contribution in [0, 0.1) is 5.82 Å². The monoisotopic (exact) mass is 212 g/mol. The summed E-state index contributed by atoms with van der Waals surface area (Å²) in [5.41, 5.74) is -0.135.